The van der Waals surface area contributed by atoms with Gasteiger partial charge in [0.15, 0.2) is 6.61 Å². The average Bonchev–Trinajstić information content (AvgIpc) is 3.37. The number of benzene rings is 1. The van der Waals surface area contributed by atoms with Gasteiger partial charge in [-0.3, -0.25) is 9.69 Å². The fraction of sp³-hybridized carbons (Fsp3) is 0.577. The van der Waals surface area contributed by atoms with Crippen LogP contribution < -0.4 is 10.1 Å². The van der Waals surface area contributed by atoms with Gasteiger partial charge in [0.05, 0.1) is 18.9 Å². The van der Waals surface area contributed by atoms with Crippen molar-refractivity contribution in [1.29, 1.82) is 0 Å². The van der Waals surface area contributed by atoms with Crippen molar-refractivity contribution < 1.29 is 19.1 Å². The minimum atomic E-state index is -0.543. The van der Waals surface area contributed by atoms with E-state index in [1.165, 1.54) is 0 Å². The van der Waals surface area contributed by atoms with E-state index in [2.05, 4.69) is 15.2 Å². The summed E-state index contributed by atoms with van der Waals surface area (Å²) in [5.41, 5.74) is 0.500. The molecule has 1 unspecified atom stereocenters. The average molecular weight is 484 g/mol. The van der Waals surface area contributed by atoms with Crippen LogP contribution in [0.1, 0.15) is 45.2 Å². The Balaban J connectivity index is 1.38. The Morgan fingerprint density at radius 3 is 2.54 bits per heavy atom. The predicted molar refractivity (Wildman–Crippen MR) is 132 cm³/mol. The van der Waals surface area contributed by atoms with Crippen LogP contribution in [0.4, 0.5) is 0 Å². The normalized spacial score (nSPS) is 18.9. The Bertz CT molecular complexity index is 965. The molecule has 0 saturated carbocycles. The summed E-state index contributed by atoms with van der Waals surface area (Å²) < 4.78 is 12.9. The summed E-state index contributed by atoms with van der Waals surface area (Å²) in [5, 5.41) is 3.40. The highest BCUT2D eigenvalue weighted by Crippen LogP contribution is 2.24. The second kappa shape index (κ2) is 11.2. The lowest BCUT2D eigenvalue weighted by Crippen LogP contribution is -2.56. The largest absolute Gasteiger partial charge is 0.482 e. The standard InChI is InChI=1S/C26H37N5O4/c1-26(2,3)35-25(33)18-34-22-6-4-20(5-7-22)23(31-13-12-28-19-31)16-30-15-14-29(17-24(30)32)21-8-10-27-11-9-21/h4-7,12-13,19,21,23,27H,8-11,14-18H2,1-3H3. The maximum absolute atomic E-state index is 13.1. The topological polar surface area (TPSA) is 88.9 Å². The van der Waals surface area contributed by atoms with Gasteiger partial charge in [0.25, 0.3) is 0 Å². The molecule has 2 aliphatic rings. The molecule has 0 aliphatic carbocycles. The lowest BCUT2D eigenvalue weighted by Gasteiger charge is -2.41. The second-order valence-electron chi connectivity index (χ2n) is 10.3. The summed E-state index contributed by atoms with van der Waals surface area (Å²) in [5.74, 6) is 0.368. The van der Waals surface area contributed by atoms with Crippen LogP contribution in [-0.4, -0.2) is 88.7 Å². The number of hydrogen-bond acceptors (Lipinski definition) is 7. The van der Waals surface area contributed by atoms with E-state index in [-0.39, 0.29) is 18.6 Å². The smallest absolute Gasteiger partial charge is 0.344 e. The van der Waals surface area contributed by atoms with Gasteiger partial charge < -0.3 is 24.3 Å². The molecule has 1 atom stereocenters. The van der Waals surface area contributed by atoms with E-state index < -0.39 is 11.6 Å². The molecule has 0 bridgehead atoms. The number of esters is 1. The van der Waals surface area contributed by atoms with Gasteiger partial charge in [-0.15, -0.1) is 0 Å². The molecule has 1 N–H and O–H groups in total. The van der Waals surface area contributed by atoms with E-state index in [1.54, 1.807) is 12.5 Å². The summed E-state index contributed by atoms with van der Waals surface area (Å²) in [6.45, 7) is 10.1. The van der Waals surface area contributed by atoms with Crippen LogP contribution in [0.5, 0.6) is 5.75 Å². The fourth-order valence-corrected chi connectivity index (χ4v) is 4.74. The molecule has 9 heteroatoms. The highest BCUT2D eigenvalue weighted by Gasteiger charge is 2.31. The molecule has 4 rings (SSSR count). The van der Waals surface area contributed by atoms with Gasteiger partial charge in [-0.25, -0.2) is 9.78 Å². The molecule has 2 saturated heterocycles. The second-order valence-corrected chi connectivity index (χ2v) is 10.3. The number of nitrogens with zero attached hydrogens (tertiary/aromatic N) is 4. The van der Waals surface area contributed by atoms with Crippen molar-refractivity contribution in [2.75, 3.05) is 45.9 Å². The first kappa shape index (κ1) is 25.2. The maximum atomic E-state index is 13.1. The molecule has 35 heavy (non-hydrogen) atoms. The van der Waals surface area contributed by atoms with Gasteiger partial charge in [0.2, 0.25) is 5.91 Å². The third-order valence-electron chi connectivity index (χ3n) is 6.49. The van der Waals surface area contributed by atoms with Gasteiger partial charge >= 0.3 is 5.97 Å². The maximum Gasteiger partial charge on any atom is 0.344 e. The van der Waals surface area contributed by atoms with Crippen LogP contribution in [0.3, 0.4) is 0 Å². The van der Waals surface area contributed by atoms with Gasteiger partial charge in [-0.2, -0.15) is 0 Å². The van der Waals surface area contributed by atoms with Crippen molar-refractivity contribution in [3.63, 3.8) is 0 Å². The third kappa shape index (κ3) is 7.05. The summed E-state index contributed by atoms with van der Waals surface area (Å²) in [4.78, 5) is 33.5. The molecule has 0 spiro atoms. The van der Waals surface area contributed by atoms with Gasteiger partial charge in [0.1, 0.15) is 11.4 Å². The molecule has 190 valence electrons. The number of nitrogens with one attached hydrogen (secondary N) is 1. The first-order valence-electron chi connectivity index (χ1n) is 12.4. The number of hydrogen-bond donors (Lipinski definition) is 1. The highest BCUT2D eigenvalue weighted by atomic mass is 16.6. The Morgan fingerprint density at radius 1 is 1.17 bits per heavy atom. The Morgan fingerprint density at radius 2 is 1.91 bits per heavy atom. The number of piperidine rings is 1. The van der Waals surface area contributed by atoms with E-state index >= 15 is 0 Å². The molecule has 2 fully saturated rings. The van der Waals surface area contributed by atoms with Crippen molar-refractivity contribution in [2.24, 2.45) is 0 Å². The molecule has 1 amide bonds. The summed E-state index contributed by atoms with van der Waals surface area (Å²) in [6.07, 6.45) is 7.67. The van der Waals surface area contributed by atoms with Crippen LogP contribution in [0, 0.1) is 0 Å². The van der Waals surface area contributed by atoms with E-state index in [0.29, 0.717) is 24.9 Å². The third-order valence-corrected chi connectivity index (χ3v) is 6.49. The van der Waals surface area contributed by atoms with Gasteiger partial charge in [0, 0.05) is 38.1 Å². The van der Waals surface area contributed by atoms with Gasteiger partial charge in [-0.05, 0) is 64.4 Å². The zero-order valence-corrected chi connectivity index (χ0v) is 21.0. The van der Waals surface area contributed by atoms with E-state index in [1.807, 2.05) is 60.7 Å². The quantitative estimate of drug-likeness (QED) is 0.575. The van der Waals surface area contributed by atoms with E-state index in [9.17, 15) is 9.59 Å². The van der Waals surface area contributed by atoms with Crippen LogP contribution in [-0.2, 0) is 14.3 Å². The number of carbonyl (C=O) groups excluding carboxylic acids is 2. The van der Waals surface area contributed by atoms with Crippen molar-refractivity contribution in [3.8, 4) is 5.75 Å². The zero-order chi connectivity index (χ0) is 24.8. The molecule has 9 nitrogen and oxygen atoms in total. The number of rotatable bonds is 8. The first-order valence-corrected chi connectivity index (χ1v) is 12.4. The number of piperazine rings is 1. The molecular formula is C26H37N5O4. The Labute approximate surface area is 207 Å². The van der Waals surface area contributed by atoms with Crippen molar-refractivity contribution in [1.82, 2.24) is 24.7 Å². The summed E-state index contributed by atoms with van der Waals surface area (Å²) >= 11 is 0. The fourth-order valence-electron chi connectivity index (χ4n) is 4.74. The van der Waals surface area contributed by atoms with Crippen LogP contribution in [0.2, 0.25) is 0 Å². The molecule has 1 aromatic carbocycles. The van der Waals surface area contributed by atoms with E-state index in [0.717, 1.165) is 44.6 Å². The molecule has 3 heterocycles. The van der Waals surface area contributed by atoms with E-state index in [4.69, 9.17) is 9.47 Å². The molecule has 1 aromatic heterocycles. The Hall–Kier alpha value is -2.91. The number of aromatic nitrogens is 2. The molecule has 2 aliphatic heterocycles. The monoisotopic (exact) mass is 483 g/mol. The van der Waals surface area contributed by atoms with Crippen molar-refractivity contribution >= 4 is 11.9 Å². The van der Waals surface area contributed by atoms with Crippen LogP contribution in [0.25, 0.3) is 0 Å². The summed E-state index contributed by atoms with van der Waals surface area (Å²) in [7, 11) is 0. The minimum absolute atomic E-state index is 0.0632. The van der Waals surface area contributed by atoms with Crippen molar-refractivity contribution in [2.45, 2.75) is 51.3 Å². The predicted octanol–water partition coefficient (Wildman–Crippen LogP) is 2.09. The van der Waals surface area contributed by atoms with Crippen LogP contribution >= 0.6 is 0 Å². The summed E-state index contributed by atoms with van der Waals surface area (Å²) in [6, 6.07) is 8.09. The lowest BCUT2D eigenvalue weighted by molar-refractivity contribution is -0.157. The first-order chi connectivity index (χ1) is 16.8. The zero-order valence-electron chi connectivity index (χ0n) is 21.0. The SMILES string of the molecule is CC(C)(C)OC(=O)COc1ccc(C(CN2CCN(C3CCNCC3)CC2=O)n2ccnc2)cc1. The number of carbonyl (C=O) groups is 2. The number of imidazole rings is 1. The molecule has 2 aromatic rings. The minimum Gasteiger partial charge on any atom is -0.482 e. The van der Waals surface area contributed by atoms with Crippen molar-refractivity contribution in [3.05, 3.63) is 48.5 Å². The number of ether oxygens (including phenoxy) is 2. The lowest BCUT2D eigenvalue weighted by atomic mass is 10.0. The Kier molecular flexibility index (Phi) is 8.07. The molecular weight excluding hydrogens is 446 g/mol. The molecule has 0 radical (unpaired) electrons. The van der Waals surface area contributed by atoms with Gasteiger partial charge in [-0.1, -0.05) is 12.1 Å². The number of amides is 1. The van der Waals surface area contributed by atoms with Crippen LogP contribution in [0.15, 0.2) is 43.0 Å². The highest BCUT2D eigenvalue weighted by molar-refractivity contribution is 5.79.